The Morgan fingerprint density at radius 3 is 2.94 bits per heavy atom. The first-order chi connectivity index (χ1) is 17.0. The molecule has 178 valence electrons. The van der Waals surface area contributed by atoms with E-state index in [1.54, 1.807) is 17.6 Å². The number of thioether (sulfide) groups is 1. The van der Waals surface area contributed by atoms with Gasteiger partial charge in [-0.05, 0) is 37.6 Å². The Bertz CT molecular complexity index is 1570. The number of aryl methyl sites for hydroxylation is 2. The van der Waals surface area contributed by atoms with Crippen molar-refractivity contribution in [3.05, 3.63) is 67.3 Å². The molecule has 0 bridgehead atoms. The fourth-order valence-electron chi connectivity index (χ4n) is 4.55. The number of H-pyrrole nitrogens is 1. The number of fused-ring (bicyclic) bond motifs is 2. The van der Waals surface area contributed by atoms with Crippen molar-refractivity contribution in [3.63, 3.8) is 0 Å². The first-order valence-electron chi connectivity index (χ1n) is 11.3. The molecule has 6 rings (SSSR count). The van der Waals surface area contributed by atoms with E-state index in [1.807, 2.05) is 17.5 Å². The van der Waals surface area contributed by atoms with E-state index in [9.17, 15) is 14.4 Å². The molecule has 12 heteroatoms. The molecule has 0 saturated carbocycles. The van der Waals surface area contributed by atoms with E-state index in [-0.39, 0.29) is 35.4 Å². The number of rotatable bonds is 5. The van der Waals surface area contributed by atoms with Gasteiger partial charge in [0.1, 0.15) is 11.5 Å². The van der Waals surface area contributed by atoms with Gasteiger partial charge in [0.05, 0.1) is 16.6 Å². The smallest absolute Gasteiger partial charge is 0.257 e. The van der Waals surface area contributed by atoms with Gasteiger partial charge in [-0.3, -0.25) is 23.9 Å². The summed E-state index contributed by atoms with van der Waals surface area (Å²) in [4.78, 5) is 50.9. The van der Waals surface area contributed by atoms with Crippen molar-refractivity contribution in [2.24, 2.45) is 0 Å². The molecule has 1 amide bonds. The summed E-state index contributed by atoms with van der Waals surface area (Å²) >= 11 is 3.04. The van der Waals surface area contributed by atoms with Crippen LogP contribution in [0.3, 0.4) is 0 Å². The van der Waals surface area contributed by atoms with E-state index in [4.69, 9.17) is 0 Å². The number of aromatic nitrogens is 6. The number of carbonyl (C=O) groups is 1. The highest BCUT2D eigenvalue weighted by Crippen LogP contribution is 2.34. The van der Waals surface area contributed by atoms with Crippen LogP contribution >= 0.6 is 23.1 Å². The molecule has 2 N–H and O–H groups in total. The van der Waals surface area contributed by atoms with Crippen molar-refractivity contribution in [1.29, 1.82) is 0 Å². The summed E-state index contributed by atoms with van der Waals surface area (Å²) in [6.45, 7) is 1.72. The maximum Gasteiger partial charge on any atom is 0.257 e. The first-order valence-corrected chi connectivity index (χ1v) is 13.1. The minimum atomic E-state index is -0.308. The van der Waals surface area contributed by atoms with Crippen LogP contribution < -0.4 is 16.4 Å². The van der Waals surface area contributed by atoms with Crippen molar-refractivity contribution in [1.82, 2.24) is 29.3 Å². The van der Waals surface area contributed by atoms with Gasteiger partial charge in [0.25, 0.3) is 11.1 Å². The summed E-state index contributed by atoms with van der Waals surface area (Å²) in [5.74, 6) is 0.957. The molecular weight excluding hydrogens is 486 g/mol. The summed E-state index contributed by atoms with van der Waals surface area (Å²) in [6.07, 6.45) is 2.66. The monoisotopic (exact) mass is 507 g/mol. The van der Waals surface area contributed by atoms with Crippen LogP contribution in [0.5, 0.6) is 0 Å². The normalized spacial score (nSPS) is 16.3. The van der Waals surface area contributed by atoms with Crippen molar-refractivity contribution in [2.45, 2.75) is 43.8 Å². The Kier molecular flexibility index (Phi) is 5.41. The zero-order chi connectivity index (χ0) is 24.1. The maximum absolute atomic E-state index is 13.1. The van der Waals surface area contributed by atoms with Crippen molar-refractivity contribution in [3.8, 4) is 16.5 Å². The third-order valence-electron chi connectivity index (χ3n) is 6.10. The molecule has 1 aliphatic carbocycles. The minimum Gasteiger partial charge on any atom is -0.310 e. The Hall–Kier alpha value is -3.51. The van der Waals surface area contributed by atoms with E-state index in [0.29, 0.717) is 28.1 Å². The number of hydrogen-bond acceptors (Lipinski definition) is 8. The summed E-state index contributed by atoms with van der Waals surface area (Å²) in [5.41, 5.74) is 2.55. The number of thiophene rings is 1. The highest BCUT2D eigenvalue weighted by molar-refractivity contribution is 7.99. The van der Waals surface area contributed by atoms with E-state index in [0.717, 1.165) is 35.4 Å². The molecule has 1 atom stereocenters. The molecule has 2 aliphatic rings. The number of nitrogens with one attached hydrogen (secondary N) is 2. The van der Waals surface area contributed by atoms with E-state index >= 15 is 0 Å². The topological polar surface area (TPSA) is 128 Å². The van der Waals surface area contributed by atoms with Gasteiger partial charge in [-0.15, -0.1) is 11.3 Å². The summed E-state index contributed by atoms with van der Waals surface area (Å²) < 4.78 is 3.11. The summed E-state index contributed by atoms with van der Waals surface area (Å²) in [7, 11) is 0. The van der Waals surface area contributed by atoms with Gasteiger partial charge < -0.3 is 5.32 Å². The third kappa shape index (κ3) is 4.02. The Morgan fingerprint density at radius 2 is 2.14 bits per heavy atom. The first kappa shape index (κ1) is 22.0. The fraction of sp³-hybridized carbons (Fsp3) is 0.304. The summed E-state index contributed by atoms with van der Waals surface area (Å²) in [6, 6.07) is 6.72. The van der Waals surface area contributed by atoms with Crippen LogP contribution in [0.15, 0.2) is 44.4 Å². The quantitative estimate of drug-likeness (QED) is 0.398. The van der Waals surface area contributed by atoms with E-state index < -0.39 is 0 Å². The van der Waals surface area contributed by atoms with Gasteiger partial charge in [-0.2, -0.15) is 9.78 Å². The highest BCUT2D eigenvalue weighted by Gasteiger charge is 2.31. The van der Waals surface area contributed by atoms with Gasteiger partial charge in [-0.25, -0.2) is 9.97 Å². The second kappa shape index (κ2) is 8.61. The van der Waals surface area contributed by atoms with Crippen LogP contribution in [0.1, 0.15) is 35.8 Å². The molecule has 4 aromatic heterocycles. The van der Waals surface area contributed by atoms with Crippen LogP contribution in [0.2, 0.25) is 0 Å². The molecule has 0 saturated heterocycles. The number of aromatic amines is 1. The molecule has 0 radical (unpaired) electrons. The molecule has 1 unspecified atom stereocenters. The predicted molar refractivity (Wildman–Crippen MR) is 134 cm³/mol. The predicted octanol–water partition coefficient (Wildman–Crippen LogP) is 2.71. The number of nitrogens with zero attached hydrogens (tertiary/aromatic N) is 5. The lowest BCUT2D eigenvalue weighted by atomic mass is 10.2. The Labute approximate surface area is 207 Å². The lowest BCUT2D eigenvalue weighted by molar-refractivity contribution is -0.116. The molecule has 10 nitrogen and oxygen atoms in total. The zero-order valence-corrected chi connectivity index (χ0v) is 20.4. The molecular formula is C23H21N7O3S2. The SMILES string of the molecule is Cc1cc(=O)[nH]c(-n2nc(-c3cccs3)cc2NC(=O)CC2CSc3nc4c(c(=O)n32)CCC4)n1. The number of anilines is 1. The van der Waals surface area contributed by atoms with Crippen LogP contribution in [0.25, 0.3) is 16.5 Å². The number of amides is 1. The van der Waals surface area contributed by atoms with Crippen molar-refractivity contribution >= 4 is 34.8 Å². The van der Waals surface area contributed by atoms with Crippen molar-refractivity contribution in [2.75, 3.05) is 11.1 Å². The van der Waals surface area contributed by atoms with E-state index in [1.165, 1.54) is 33.8 Å². The van der Waals surface area contributed by atoms with Gasteiger partial charge in [0.2, 0.25) is 11.9 Å². The second-order valence-electron chi connectivity index (χ2n) is 8.58. The Balaban J connectivity index is 1.30. The lowest BCUT2D eigenvalue weighted by Gasteiger charge is -2.14. The average molecular weight is 508 g/mol. The molecule has 4 aromatic rings. The van der Waals surface area contributed by atoms with Crippen LogP contribution in [0, 0.1) is 6.92 Å². The molecule has 1 aliphatic heterocycles. The van der Waals surface area contributed by atoms with Gasteiger partial charge in [0, 0.05) is 35.6 Å². The van der Waals surface area contributed by atoms with E-state index in [2.05, 4.69) is 25.4 Å². The summed E-state index contributed by atoms with van der Waals surface area (Å²) in [5, 5.41) is 10.1. The van der Waals surface area contributed by atoms with Crippen LogP contribution in [-0.4, -0.2) is 41.0 Å². The van der Waals surface area contributed by atoms with Gasteiger partial charge in [-0.1, -0.05) is 17.8 Å². The lowest BCUT2D eigenvalue weighted by Crippen LogP contribution is -2.30. The molecule has 0 fully saturated rings. The minimum absolute atomic E-state index is 0.0168. The molecule has 35 heavy (non-hydrogen) atoms. The third-order valence-corrected chi connectivity index (χ3v) is 8.09. The average Bonchev–Trinajstić information content (AvgIpc) is 3.60. The standard InChI is InChI=1S/C23H21N7O3S2/c1-12-8-19(31)27-22(24-12)30-18(10-16(28-30)17-6-3-7-34-17)26-20(32)9-13-11-35-23-25-15-5-2-4-14(15)21(33)29(13)23/h3,6-8,10,13H,2,4-5,9,11H2,1H3,(H,26,32)(H,24,27,31). The highest BCUT2D eigenvalue weighted by atomic mass is 32.2. The molecule has 0 aromatic carbocycles. The number of carbonyl (C=O) groups excluding carboxylic acids is 1. The fourth-order valence-corrected chi connectivity index (χ4v) is 6.39. The maximum atomic E-state index is 13.1. The zero-order valence-electron chi connectivity index (χ0n) is 18.8. The second-order valence-corrected chi connectivity index (χ2v) is 10.5. The number of hydrogen-bond donors (Lipinski definition) is 2. The van der Waals surface area contributed by atoms with Crippen molar-refractivity contribution < 1.29 is 4.79 Å². The van der Waals surface area contributed by atoms with Gasteiger partial charge >= 0.3 is 0 Å². The largest absolute Gasteiger partial charge is 0.310 e. The van der Waals surface area contributed by atoms with Crippen LogP contribution in [-0.2, 0) is 17.6 Å². The van der Waals surface area contributed by atoms with Gasteiger partial charge in [0.15, 0.2) is 5.16 Å². The molecule has 5 heterocycles. The molecule has 0 spiro atoms. The van der Waals surface area contributed by atoms with Crippen LogP contribution in [0.4, 0.5) is 5.82 Å². The Morgan fingerprint density at radius 1 is 1.26 bits per heavy atom.